The summed E-state index contributed by atoms with van der Waals surface area (Å²) < 4.78 is 6.35. The minimum absolute atomic E-state index is 0.221. The third-order valence-corrected chi connectivity index (χ3v) is 7.45. The van der Waals surface area contributed by atoms with E-state index in [1.807, 2.05) is 70.4 Å². The fourth-order valence-electron chi connectivity index (χ4n) is 4.98. The van der Waals surface area contributed by atoms with Crippen LogP contribution < -0.4 is 20.7 Å². The molecule has 0 saturated heterocycles. The summed E-state index contributed by atoms with van der Waals surface area (Å²) in [5.74, 6) is -1.33. The van der Waals surface area contributed by atoms with Crippen molar-refractivity contribution in [3.8, 4) is 5.75 Å². The van der Waals surface area contributed by atoms with E-state index < -0.39 is 42.1 Å². The van der Waals surface area contributed by atoms with Crippen LogP contribution in [0.15, 0.2) is 91.1 Å². The summed E-state index contributed by atoms with van der Waals surface area (Å²) >= 11 is 0. The van der Waals surface area contributed by atoms with E-state index in [0.29, 0.717) is 17.7 Å². The van der Waals surface area contributed by atoms with Gasteiger partial charge in [-0.2, -0.15) is 0 Å². The van der Waals surface area contributed by atoms with E-state index in [1.54, 1.807) is 53.4 Å². The highest BCUT2D eigenvalue weighted by Crippen LogP contribution is 2.22. The Balaban J connectivity index is 1.72. The molecule has 43 heavy (non-hydrogen) atoms. The highest BCUT2D eigenvalue weighted by atomic mass is 16.5. The second-order valence-electron chi connectivity index (χ2n) is 11.2. The number of benzene rings is 3. The zero-order chi connectivity index (χ0) is 30.9. The lowest BCUT2D eigenvalue weighted by Gasteiger charge is -2.34. The summed E-state index contributed by atoms with van der Waals surface area (Å²) in [6.45, 7) is 3.79. The first-order valence-corrected chi connectivity index (χ1v) is 14.4. The number of hydrogen-bond donors (Lipinski definition) is 4. The molecule has 3 aromatic carbocycles. The second kappa shape index (κ2) is 14.6. The molecule has 2 heterocycles. The molecule has 0 saturated carbocycles. The van der Waals surface area contributed by atoms with E-state index in [-0.39, 0.29) is 11.8 Å². The van der Waals surface area contributed by atoms with Crippen LogP contribution in [-0.4, -0.2) is 66.1 Å². The van der Waals surface area contributed by atoms with Gasteiger partial charge in [-0.15, -0.1) is 0 Å². The first-order valence-electron chi connectivity index (χ1n) is 14.4. The summed E-state index contributed by atoms with van der Waals surface area (Å²) in [6, 6.07) is 22.3. The number of aliphatic hydroxyl groups excluding tert-OH is 1. The largest absolute Gasteiger partial charge is 0.487 e. The summed E-state index contributed by atoms with van der Waals surface area (Å²) in [7, 11) is 3.62. The van der Waals surface area contributed by atoms with E-state index in [9.17, 15) is 19.5 Å². The summed E-state index contributed by atoms with van der Waals surface area (Å²) in [4.78, 5) is 43.1. The van der Waals surface area contributed by atoms with Gasteiger partial charge in [-0.25, -0.2) is 0 Å². The Bertz CT molecular complexity index is 1390. The Labute approximate surface area is 252 Å². The number of aliphatic hydroxyl groups is 1. The zero-order valence-corrected chi connectivity index (χ0v) is 24.9. The fourth-order valence-corrected chi connectivity index (χ4v) is 4.98. The molecule has 9 nitrogen and oxygen atoms in total. The quantitative estimate of drug-likeness (QED) is 0.323. The average molecular weight is 585 g/mol. The number of carbonyl (C=O) groups is 3. The lowest BCUT2D eigenvalue weighted by atomic mass is 9.95. The minimum Gasteiger partial charge on any atom is -0.487 e. The number of nitrogens with one attached hydrogen (secondary N) is 3. The van der Waals surface area contributed by atoms with Gasteiger partial charge < -0.3 is 25.8 Å². The Morgan fingerprint density at radius 2 is 1.56 bits per heavy atom. The summed E-state index contributed by atoms with van der Waals surface area (Å²) in [5.41, 5.74) is 2.24. The normalized spacial score (nSPS) is 20.5. The molecule has 3 amide bonds. The van der Waals surface area contributed by atoms with Gasteiger partial charge in [0.15, 0.2) is 0 Å². The maximum atomic E-state index is 14.1. The van der Waals surface area contributed by atoms with Crippen LogP contribution in [0.4, 0.5) is 0 Å². The molecule has 0 spiro atoms. The van der Waals surface area contributed by atoms with Crippen molar-refractivity contribution in [1.29, 1.82) is 0 Å². The van der Waals surface area contributed by atoms with Crippen molar-refractivity contribution in [2.45, 2.75) is 50.6 Å². The average Bonchev–Trinajstić information content (AvgIpc) is 3.00. The predicted molar refractivity (Wildman–Crippen MR) is 166 cm³/mol. The summed E-state index contributed by atoms with van der Waals surface area (Å²) in [6.07, 6.45) is 1.44. The molecule has 3 aromatic rings. The minimum atomic E-state index is -1.36. The molecule has 0 unspecified atom stereocenters. The first-order chi connectivity index (χ1) is 20.6. The Kier molecular flexibility index (Phi) is 10.7. The molecule has 5 rings (SSSR count). The Morgan fingerprint density at radius 1 is 0.930 bits per heavy atom. The fraction of sp³-hybridized carbons (Fsp3) is 0.324. The van der Waals surface area contributed by atoms with Crippen molar-refractivity contribution < 1.29 is 24.2 Å². The predicted octanol–water partition coefficient (Wildman–Crippen LogP) is 3.07. The van der Waals surface area contributed by atoms with Crippen LogP contribution in [0.3, 0.4) is 0 Å². The monoisotopic (exact) mass is 584 g/mol. The molecule has 4 N–H and O–H groups in total. The van der Waals surface area contributed by atoms with Gasteiger partial charge in [0, 0.05) is 6.20 Å². The Hall–Kier alpha value is -4.47. The van der Waals surface area contributed by atoms with Crippen LogP contribution in [-0.2, 0) is 20.8 Å². The standard InChI is InChI=1S/C34H40N4O5/c1-22(2)31-29(37-32(40)27(38(3)4)21-24-11-7-5-8-12-24)34(42)36-28(30(39)25-13-9-6-10-14-25)33(41)35-20-19-23-15-17-26(43-31)18-16-23/h5-20,22,27-31,39H,21H2,1-4H3,(H,35,41)(H,36,42)(H,37,40)/t27-,28+,29+,30+,31+/m0/s1. The van der Waals surface area contributed by atoms with Crippen molar-refractivity contribution in [2.24, 2.45) is 5.92 Å². The number of carbonyl (C=O) groups excluding carboxylic acids is 3. The van der Waals surface area contributed by atoms with Crippen molar-refractivity contribution in [1.82, 2.24) is 20.9 Å². The third kappa shape index (κ3) is 8.30. The maximum absolute atomic E-state index is 14.1. The molecule has 9 heteroatoms. The number of hydrogen-bond acceptors (Lipinski definition) is 6. The van der Waals surface area contributed by atoms with Crippen molar-refractivity contribution in [3.63, 3.8) is 0 Å². The van der Waals surface area contributed by atoms with Gasteiger partial charge >= 0.3 is 0 Å². The molecule has 226 valence electrons. The number of amides is 3. The number of fused-ring (bicyclic) bond motifs is 10. The SMILES string of the molecule is CC(C)[C@H]1Oc2ccc(cc2)C=CNC(=O)[C@@H]([C@H](O)c2ccccc2)NC(=O)[C@@H]1NC(=O)[C@H](Cc1ccccc1)N(C)C. The van der Waals surface area contributed by atoms with Gasteiger partial charge in [-0.3, -0.25) is 19.3 Å². The Morgan fingerprint density at radius 3 is 2.16 bits per heavy atom. The molecule has 0 fully saturated rings. The second-order valence-corrected chi connectivity index (χ2v) is 11.2. The van der Waals surface area contributed by atoms with Crippen LogP contribution in [0.1, 0.15) is 36.6 Å². The topological polar surface area (TPSA) is 120 Å². The third-order valence-electron chi connectivity index (χ3n) is 7.45. The van der Waals surface area contributed by atoms with E-state index in [2.05, 4.69) is 16.0 Å². The lowest BCUT2D eigenvalue weighted by Crippen LogP contribution is -2.62. The van der Waals surface area contributed by atoms with Crippen LogP contribution in [0, 0.1) is 5.92 Å². The molecule has 0 radical (unpaired) electrons. The van der Waals surface area contributed by atoms with Crippen molar-refractivity contribution in [2.75, 3.05) is 14.1 Å². The van der Waals surface area contributed by atoms with Crippen LogP contribution in [0.2, 0.25) is 0 Å². The molecule has 2 bridgehead atoms. The molecule has 0 aromatic heterocycles. The van der Waals surface area contributed by atoms with Crippen LogP contribution in [0.5, 0.6) is 5.75 Å². The van der Waals surface area contributed by atoms with E-state index >= 15 is 0 Å². The highest BCUT2D eigenvalue weighted by molar-refractivity contribution is 5.94. The van der Waals surface area contributed by atoms with Gasteiger partial charge in [0.2, 0.25) is 17.7 Å². The lowest BCUT2D eigenvalue weighted by molar-refractivity contribution is -0.137. The van der Waals surface area contributed by atoms with Gasteiger partial charge in [0.05, 0.1) is 6.04 Å². The maximum Gasteiger partial charge on any atom is 0.249 e. The van der Waals surface area contributed by atoms with Crippen LogP contribution >= 0.6 is 0 Å². The highest BCUT2D eigenvalue weighted by Gasteiger charge is 2.39. The smallest absolute Gasteiger partial charge is 0.249 e. The van der Waals surface area contributed by atoms with Gasteiger partial charge in [0.1, 0.15) is 30.0 Å². The molecular weight excluding hydrogens is 544 g/mol. The first kappa shape index (κ1) is 31.5. The van der Waals surface area contributed by atoms with Gasteiger partial charge in [-0.05, 0) is 61.3 Å². The van der Waals surface area contributed by atoms with E-state index in [1.165, 1.54) is 6.20 Å². The molecular formula is C34H40N4O5. The molecule has 0 aliphatic carbocycles. The van der Waals surface area contributed by atoms with Crippen molar-refractivity contribution >= 4 is 23.8 Å². The van der Waals surface area contributed by atoms with Gasteiger partial charge in [-0.1, -0.05) is 86.6 Å². The van der Waals surface area contributed by atoms with E-state index in [0.717, 1.165) is 11.1 Å². The number of nitrogens with zero attached hydrogens (tertiary/aromatic N) is 1. The summed E-state index contributed by atoms with van der Waals surface area (Å²) in [5, 5.41) is 19.6. The van der Waals surface area contributed by atoms with Crippen molar-refractivity contribution in [3.05, 3.63) is 108 Å². The number of likely N-dealkylation sites (N-methyl/N-ethyl adjacent to an activating group) is 1. The molecule has 2 aliphatic heterocycles. The molecule has 2 aliphatic rings. The van der Waals surface area contributed by atoms with Crippen LogP contribution in [0.25, 0.3) is 6.08 Å². The van der Waals surface area contributed by atoms with Gasteiger partial charge in [0.25, 0.3) is 0 Å². The molecule has 5 atom stereocenters. The number of rotatable bonds is 8. The number of ether oxygens (including phenoxy) is 1. The van der Waals surface area contributed by atoms with E-state index in [4.69, 9.17) is 4.74 Å². The zero-order valence-electron chi connectivity index (χ0n) is 24.9.